The van der Waals surface area contributed by atoms with Crippen LogP contribution in [-0.4, -0.2) is 41.6 Å². The molecule has 4 rings (SSSR count). The maximum absolute atomic E-state index is 12.8. The zero-order valence-corrected chi connectivity index (χ0v) is 19.3. The molecule has 0 unspecified atom stereocenters. The molecule has 0 saturated carbocycles. The number of piperidine rings is 1. The van der Waals surface area contributed by atoms with Crippen molar-refractivity contribution in [2.24, 2.45) is 0 Å². The van der Waals surface area contributed by atoms with Crippen LogP contribution in [0.3, 0.4) is 0 Å². The summed E-state index contributed by atoms with van der Waals surface area (Å²) in [7, 11) is 0. The molecule has 1 saturated heterocycles. The lowest BCUT2D eigenvalue weighted by molar-refractivity contribution is 0.0470. The molecule has 1 fully saturated rings. The Bertz CT molecular complexity index is 1120. The first-order chi connectivity index (χ1) is 15.8. The smallest absolute Gasteiger partial charge is 0.407 e. The third-order valence-electron chi connectivity index (χ3n) is 5.48. The van der Waals surface area contributed by atoms with Crippen molar-refractivity contribution in [3.05, 3.63) is 66.1 Å². The van der Waals surface area contributed by atoms with Crippen LogP contribution in [0.25, 0.3) is 10.8 Å². The van der Waals surface area contributed by atoms with Crippen LogP contribution in [0.5, 0.6) is 5.75 Å². The lowest BCUT2D eigenvalue weighted by Gasteiger charge is -2.32. The fourth-order valence-corrected chi connectivity index (χ4v) is 3.84. The van der Waals surface area contributed by atoms with Gasteiger partial charge in [0.1, 0.15) is 23.7 Å². The molecule has 2 amide bonds. The van der Waals surface area contributed by atoms with Gasteiger partial charge in [-0.15, -0.1) is 0 Å². The summed E-state index contributed by atoms with van der Waals surface area (Å²) in [6.45, 7) is 6.83. The average Bonchev–Trinajstić information content (AvgIpc) is 3.25. The van der Waals surface area contributed by atoms with E-state index in [9.17, 15) is 9.59 Å². The number of rotatable bonds is 5. The van der Waals surface area contributed by atoms with Crippen molar-refractivity contribution in [3.63, 3.8) is 0 Å². The molecule has 3 aromatic rings. The van der Waals surface area contributed by atoms with Gasteiger partial charge in [0.25, 0.3) is 5.91 Å². The molecule has 0 aliphatic carbocycles. The predicted molar refractivity (Wildman–Crippen MR) is 125 cm³/mol. The molecule has 2 aromatic carbocycles. The Morgan fingerprint density at radius 2 is 1.76 bits per heavy atom. The summed E-state index contributed by atoms with van der Waals surface area (Å²) >= 11 is 0. The average molecular weight is 451 g/mol. The summed E-state index contributed by atoms with van der Waals surface area (Å²) in [4.78, 5) is 26.5. The Kier molecular flexibility index (Phi) is 6.58. The van der Waals surface area contributed by atoms with E-state index < -0.39 is 11.7 Å². The van der Waals surface area contributed by atoms with Gasteiger partial charge in [0, 0.05) is 19.1 Å². The fraction of sp³-hybridized carbons (Fsp3) is 0.385. The van der Waals surface area contributed by atoms with Crippen molar-refractivity contribution >= 4 is 22.8 Å². The summed E-state index contributed by atoms with van der Waals surface area (Å²) in [5, 5.41) is 5.14. The number of likely N-dealkylation sites (tertiary alicyclic amines) is 1. The number of fused-ring (bicyclic) bond motifs is 1. The predicted octanol–water partition coefficient (Wildman–Crippen LogP) is 5.14. The van der Waals surface area contributed by atoms with E-state index in [0.29, 0.717) is 37.5 Å². The largest absolute Gasteiger partial charge is 0.486 e. The van der Waals surface area contributed by atoms with E-state index in [0.717, 1.165) is 16.5 Å². The Labute approximate surface area is 193 Å². The zero-order chi connectivity index (χ0) is 23.4. The third kappa shape index (κ3) is 6.06. The van der Waals surface area contributed by atoms with Crippen LogP contribution >= 0.6 is 0 Å². The van der Waals surface area contributed by atoms with Crippen LogP contribution in [0.2, 0.25) is 0 Å². The minimum atomic E-state index is -0.532. The Hall–Kier alpha value is -3.48. The number of amides is 2. The maximum atomic E-state index is 12.8. The molecule has 0 atom stereocenters. The van der Waals surface area contributed by atoms with E-state index in [1.807, 2.05) is 57.2 Å². The number of carbonyl (C=O) groups is 2. The second-order valence-electron chi connectivity index (χ2n) is 9.28. The molecule has 1 aromatic heterocycles. The Balaban J connectivity index is 1.27. The second kappa shape index (κ2) is 9.57. The van der Waals surface area contributed by atoms with Gasteiger partial charge in [0.05, 0.1) is 0 Å². The van der Waals surface area contributed by atoms with Gasteiger partial charge < -0.3 is 24.1 Å². The molecule has 0 bridgehead atoms. The number of hydrogen-bond acceptors (Lipinski definition) is 5. The van der Waals surface area contributed by atoms with Gasteiger partial charge >= 0.3 is 6.09 Å². The molecule has 1 aliphatic heterocycles. The van der Waals surface area contributed by atoms with E-state index >= 15 is 0 Å². The number of alkyl carbamates (subject to hydrolysis) is 1. The van der Waals surface area contributed by atoms with Crippen LogP contribution < -0.4 is 10.1 Å². The maximum Gasteiger partial charge on any atom is 0.407 e. The van der Waals surface area contributed by atoms with Crippen LogP contribution in [0.4, 0.5) is 4.79 Å². The molecule has 174 valence electrons. The molecule has 2 heterocycles. The number of furan rings is 1. The molecular weight excluding hydrogens is 420 g/mol. The topological polar surface area (TPSA) is 81.0 Å². The van der Waals surface area contributed by atoms with Crippen LogP contribution in [0.15, 0.2) is 59.0 Å². The van der Waals surface area contributed by atoms with E-state index in [1.165, 1.54) is 0 Å². The molecule has 1 N–H and O–H groups in total. The van der Waals surface area contributed by atoms with Crippen molar-refractivity contribution in [1.29, 1.82) is 0 Å². The molecule has 1 aliphatic rings. The van der Waals surface area contributed by atoms with Crippen LogP contribution in [0.1, 0.15) is 49.9 Å². The molecule has 0 spiro atoms. The highest BCUT2D eigenvalue weighted by Gasteiger charge is 2.27. The molecule has 7 nitrogen and oxygen atoms in total. The summed E-state index contributed by atoms with van der Waals surface area (Å²) < 4.78 is 16.9. The van der Waals surface area contributed by atoms with Crippen molar-refractivity contribution < 1.29 is 23.5 Å². The number of benzene rings is 2. The standard InChI is InChI=1S/C26H30N2O5/c1-26(2,3)33-25(30)27-20-12-14-28(15-13-20)24(29)23-11-10-22(32-23)17-31-21-9-8-18-6-4-5-7-19(18)16-21/h4-11,16,20H,12-15,17H2,1-3H3,(H,27,30). The Morgan fingerprint density at radius 3 is 2.48 bits per heavy atom. The first-order valence-electron chi connectivity index (χ1n) is 11.3. The third-order valence-corrected chi connectivity index (χ3v) is 5.48. The van der Waals surface area contributed by atoms with E-state index in [4.69, 9.17) is 13.9 Å². The highest BCUT2D eigenvalue weighted by atomic mass is 16.6. The van der Waals surface area contributed by atoms with Gasteiger partial charge in [-0.25, -0.2) is 4.79 Å². The van der Waals surface area contributed by atoms with Gasteiger partial charge in [0.15, 0.2) is 5.76 Å². The second-order valence-corrected chi connectivity index (χ2v) is 9.28. The number of ether oxygens (including phenoxy) is 2. The van der Waals surface area contributed by atoms with Crippen LogP contribution in [-0.2, 0) is 11.3 Å². The monoisotopic (exact) mass is 450 g/mol. The first kappa shape index (κ1) is 22.7. The number of nitrogens with zero attached hydrogens (tertiary/aromatic N) is 1. The lowest BCUT2D eigenvalue weighted by Crippen LogP contribution is -2.47. The molecular formula is C26H30N2O5. The van der Waals surface area contributed by atoms with Crippen molar-refractivity contribution in [3.8, 4) is 5.75 Å². The van der Waals surface area contributed by atoms with E-state index in [2.05, 4.69) is 11.4 Å². The highest BCUT2D eigenvalue weighted by Crippen LogP contribution is 2.22. The van der Waals surface area contributed by atoms with Gasteiger partial charge in [-0.05, 0) is 68.7 Å². The Morgan fingerprint density at radius 1 is 1.03 bits per heavy atom. The van der Waals surface area contributed by atoms with Crippen molar-refractivity contribution in [1.82, 2.24) is 10.2 Å². The molecule has 7 heteroatoms. The SMILES string of the molecule is CC(C)(C)OC(=O)NC1CCN(C(=O)c2ccc(COc3ccc4ccccc4c3)o2)CC1. The molecule has 0 radical (unpaired) electrons. The number of nitrogens with one attached hydrogen (secondary N) is 1. The summed E-state index contributed by atoms with van der Waals surface area (Å²) in [6, 6.07) is 17.5. The summed E-state index contributed by atoms with van der Waals surface area (Å²) in [5.41, 5.74) is -0.532. The summed E-state index contributed by atoms with van der Waals surface area (Å²) in [6.07, 6.45) is 0.919. The lowest BCUT2D eigenvalue weighted by atomic mass is 10.1. The molecule has 33 heavy (non-hydrogen) atoms. The van der Waals surface area contributed by atoms with E-state index in [1.54, 1.807) is 17.0 Å². The highest BCUT2D eigenvalue weighted by molar-refractivity contribution is 5.91. The van der Waals surface area contributed by atoms with Crippen molar-refractivity contribution in [2.45, 2.75) is 51.9 Å². The minimum absolute atomic E-state index is 0.00795. The zero-order valence-electron chi connectivity index (χ0n) is 19.3. The van der Waals surface area contributed by atoms with E-state index in [-0.39, 0.29) is 18.6 Å². The summed E-state index contributed by atoms with van der Waals surface area (Å²) in [5.74, 6) is 1.49. The quantitative estimate of drug-likeness (QED) is 0.582. The van der Waals surface area contributed by atoms with Crippen molar-refractivity contribution in [2.75, 3.05) is 13.1 Å². The minimum Gasteiger partial charge on any atom is -0.486 e. The normalized spacial score (nSPS) is 14.8. The number of hydrogen-bond donors (Lipinski definition) is 1. The fourth-order valence-electron chi connectivity index (χ4n) is 3.84. The van der Waals surface area contributed by atoms with Gasteiger partial charge in [-0.1, -0.05) is 30.3 Å². The van der Waals surface area contributed by atoms with Gasteiger partial charge in [0.2, 0.25) is 0 Å². The number of carbonyl (C=O) groups excluding carboxylic acids is 2. The van der Waals surface area contributed by atoms with Gasteiger partial charge in [-0.3, -0.25) is 4.79 Å². The first-order valence-corrected chi connectivity index (χ1v) is 11.3. The van der Waals surface area contributed by atoms with Gasteiger partial charge in [-0.2, -0.15) is 0 Å². The van der Waals surface area contributed by atoms with Crippen LogP contribution in [0, 0.1) is 0 Å².